The second-order valence-corrected chi connectivity index (χ2v) is 7.23. The zero-order chi connectivity index (χ0) is 19.1. The maximum absolute atomic E-state index is 12.7. The third-order valence-corrected chi connectivity index (χ3v) is 5.35. The van der Waals surface area contributed by atoms with Crippen molar-refractivity contribution in [2.75, 3.05) is 13.7 Å². The summed E-state index contributed by atoms with van der Waals surface area (Å²) >= 11 is 1.29. The van der Waals surface area contributed by atoms with Crippen LogP contribution in [0, 0.1) is 0 Å². The number of ether oxygens (including phenoxy) is 3. The lowest BCUT2D eigenvalue weighted by Crippen LogP contribution is -2.26. The summed E-state index contributed by atoms with van der Waals surface area (Å²) in [4.78, 5) is 17.7. The van der Waals surface area contributed by atoms with Gasteiger partial charge in [0.1, 0.15) is 12.4 Å². The largest absolute Gasteiger partial charge is 0.497 e. The fourth-order valence-electron chi connectivity index (χ4n) is 3.01. The Morgan fingerprint density at radius 2 is 2.07 bits per heavy atom. The van der Waals surface area contributed by atoms with Crippen LogP contribution < -0.4 is 24.3 Å². The first-order valence-corrected chi connectivity index (χ1v) is 9.46. The van der Waals surface area contributed by atoms with Crippen LogP contribution in [0.4, 0.5) is 0 Å². The predicted molar refractivity (Wildman–Crippen MR) is 104 cm³/mol. The van der Waals surface area contributed by atoms with E-state index in [1.165, 1.54) is 15.9 Å². The Labute approximate surface area is 163 Å². The highest BCUT2D eigenvalue weighted by Crippen LogP contribution is 2.35. The molecule has 0 amide bonds. The maximum Gasteiger partial charge on any atom is 0.291 e. The van der Waals surface area contributed by atoms with E-state index in [4.69, 9.17) is 14.2 Å². The first-order chi connectivity index (χ1) is 13.7. The Hall–Kier alpha value is -3.39. The van der Waals surface area contributed by atoms with E-state index in [0.717, 1.165) is 11.3 Å². The molecule has 0 aliphatic carbocycles. The van der Waals surface area contributed by atoms with Crippen molar-refractivity contribution in [3.63, 3.8) is 0 Å². The second-order valence-electron chi connectivity index (χ2n) is 6.22. The van der Waals surface area contributed by atoms with E-state index >= 15 is 0 Å². The molecule has 0 radical (unpaired) electrons. The van der Waals surface area contributed by atoms with Crippen LogP contribution in [0.3, 0.4) is 0 Å². The zero-order valence-electron chi connectivity index (χ0n) is 14.9. The average molecular weight is 393 g/mol. The molecule has 140 valence electrons. The molecule has 0 saturated carbocycles. The van der Waals surface area contributed by atoms with Gasteiger partial charge >= 0.3 is 0 Å². The lowest BCUT2D eigenvalue weighted by Gasteiger charge is -2.24. The molecule has 28 heavy (non-hydrogen) atoms. The lowest BCUT2D eigenvalue weighted by atomic mass is 10.2. The van der Waals surface area contributed by atoms with Crippen molar-refractivity contribution < 1.29 is 14.2 Å². The number of rotatable bonds is 3. The molecule has 8 heteroatoms. The molecule has 0 saturated heterocycles. The van der Waals surface area contributed by atoms with Crippen LogP contribution in [0.15, 0.2) is 53.3 Å². The van der Waals surface area contributed by atoms with Crippen molar-refractivity contribution in [1.29, 1.82) is 0 Å². The van der Waals surface area contributed by atoms with Crippen molar-refractivity contribution in [3.05, 3.63) is 74.8 Å². The molecule has 0 bridgehead atoms. The summed E-state index contributed by atoms with van der Waals surface area (Å²) in [6.45, 7) is 0.297. The summed E-state index contributed by atoms with van der Waals surface area (Å²) in [7, 11) is 1.61. The Morgan fingerprint density at radius 1 is 1.21 bits per heavy atom. The Bertz CT molecular complexity index is 1280. The molecule has 2 aromatic heterocycles. The summed E-state index contributed by atoms with van der Waals surface area (Å²) in [5.74, 6) is 2.51. The lowest BCUT2D eigenvalue weighted by molar-refractivity contribution is 0.0852. The number of nitrogens with zero attached hydrogens (tertiary/aromatic N) is 3. The highest BCUT2D eigenvalue weighted by molar-refractivity contribution is 7.15. The van der Waals surface area contributed by atoms with Gasteiger partial charge in [-0.2, -0.15) is 9.50 Å². The minimum Gasteiger partial charge on any atom is -0.497 e. The van der Waals surface area contributed by atoms with Crippen LogP contribution in [-0.2, 0) is 0 Å². The molecule has 1 aliphatic rings. The Morgan fingerprint density at radius 3 is 2.89 bits per heavy atom. The van der Waals surface area contributed by atoms with Crippen LogP contribution in [-0.4, -0.2) is 28.3 Å². The van der Waals surface area contributed by atoms with E-state index in [9.17, 15) is 4.79 Å². The second kappa shape index (κ2) is 6.65. The van der Waals surface area contributed by atoms with Gasteiger partial charge in [-0.3, -0.25) is 4.79 Å². The molecule has 1 aliphatic heterocycles. The molecular formula is C20H15N3O4S. The normalized spacial score (nSPS) is 16.5. The molecule has 3 heterocycles. The minimum atomic E-state index is -0.452. The first-order valence-electron chi connectivity index (χ1n) is 8.65. The van der Waals surface area contributed by atoms with Crippen molar-refractivity contribution in [3.8, 4) is 17.2 Å². The summed E-state index contributed by atoms with van der Waals surface area (Å²) < 4.78 is 18.7. The van der Waals surface area contributed by atoms with E-state index in [1.54, 1.807) is 7.11 Å². The van der Waals surface area contributed by atoms with Crippen LogP contribution in [0.5, 0.6) is 17.2 Å². The van der Waals surface area contributed by atoms with Gasteiger partial charge < -0.3 is 14.2 Å². The molecule has 4 aromatic rings. The summed E-state index contributed by atoms with van der Waals surface area (Å²) in [6, 6.07) is 15.0. The summed E-state index contributed by atoms with van der Waals surface area (Å²) in [6.07, 6.45) is 1.36. The monoisotopic (exact) mass is 393 g/mol. The first kappa shape index (κ1) is 16.8. The third-order valence-electron chi connectivity index (χ3n) is 4.39. The van der Waals surface area contributed by atoms with Crippen molar-refractivity contribution in [2.24, 2.45) is 0 Å². The Kier molecular flexibility index (Phi) is 3.98. The fourth-order valence-corrected chi connectivity index (χ4v) is 3.93. The van der Waals surface area contributed by atoms with Gasteiger partial charge in [0.15, 0.2) is 23.4 Å². The number of benzene rings is 2. The number of aromatic nitrogens is 3. The molecule has 0 fully saturated rings. The fraction of sp³-hybridized carbons (Fsp3) is 0.150. The summed E-state index contributed by atoms with van der Waals surface area (Å²) in [5.41, 5.74) is 0.667. The van der Waals surface area contributed by atoms with Gasteiger partial charge in [-0.15, -0.1) is 5.10 Å². The standard InChI is InChI=1S/C20H15N3O4S/c1-25-13-6-4-5-12(9-13)10-17-19(24)23-20(28-17)21-18(22-23)16-11-26-14-7-2-3-8-15(14)27-16/h2-10,16H,11H2,1H3/b17-10+/t16-/m1/s1. The number of hydrogen-bond acceptors (Lipinski definition) is 7. The number of fused-ring (bicyclic) bond motifs is 2. The molecule has 2 aromatic carbocycles. The van der Waals surface area contributed by atoms with Gasteiger partial charge in [0, 0.05) is 0 Å². The molecule has 0 unspecified atom stereocenters. The van der Waals surface area contributed by atoms with Crippen LogP contribution in [0.25, 0.3) is 11.0 Å². The molecule has 1 atom stereocenters. The minimum absolute atomic E-state index is 0.210. The van der Waals surface area contributed by atoms with Crippen LogP contribution >= 0.6 is 11.3 Å². The van der Waals surface area contributed by atoms with Gasteiger partial charge in [0.2, 0.25) is 4.96 Å². The topological polar surface area (TPSA) is 74.9 Å². The summed E-state index contributed by atoms with van der Waals surface area (Å²) in [5, 5.41) is 4.36. The number of methoxy groups -OCH3 is 1. The highest BCUT2D eigenvalue weighted by atomic mass is 32.1. The third kappa shape index (κ3) is 2.87. The van der Waals surface area contributed by atoms with Crippen LogP contribution in [0.2, 0.25) is 0 Å². The average Bonchev–Trinajstić information content (AvgIpc) is 3.27. The molecule has 7 nitrogen and oxygen atoms in total. The quantitative estimate of drug-likeness (QED) is 0.531. The number of hydrogen-bond donors (Lipinski definition) is 0. The predicted octanol–water partition coefficient (Wildman–Crippen LogP) is 2.22. The van der Waals surface area contributed by atoms with E-state index in [1.807, 2.05) is 54.6 Å². The molecule has 5 rings (SSSR count). The number of para-hydroxylation sites is 2. The SMILES string of the molecule is COc1cccc(/C=c2/sc3nc([C@H]4COc5ccccc5O4)nn3c2=O)c1. The van der Waals surface area contributed by atoms with E-state index in [2.05, 4.69) is 10.1 Å². The molecule has 0 N–H and O–H groups in total. The van der Waals surface area contributed by atoms with Crippen molar-refractivity contribution >= 4 is 22.4 Å². The molecular weight excluding hydrogens is 378 g/mol. The van der Waals surface area contributed by atoms with Crippen molar-refractivity contribution in [2.45, 2.75) is 6.10 Å². The van der Waals surface area contributed by atoms with E-state index < -0.39 is 6.10 Å². The zero-order valence-corrected chi connectivity index (χ0v) is 15.7. The van der Waals surface area contributed by atoms with Gasteiger partial charge in [-0.05, 0) is 35.9 Å². The molecule has 0 spiro atoms. The van der Waals surface area contributed by atoms with Crippen molar-refractivity contribution in [1.82, 2.24) is 14.6 Å². The van der Waals surface area contributed by atoms with Gasteiger partial charge in [-0.1, -0.05) is 35.6 Å². The van der Waals surface area contributed by atoms with E-state index in [-0.39, 0.29) is 5.56 Å². The maximum atomic E-state index is 12.7. The van der Waals surface area contributed by atoms with Gasteiger partial charge in [0.25, 0.3) is 5.56 Å². The number of thiazole rings is 1. The Balaban J connectivity index is 1.49. The van der Waals surface area contributed by atoms with Crippen LogP contribution in [0.1, 0.15) is 17.5 Å². The van der Waals surface area contributed by atoms with E-state index in [0.29, 0.717) is 33.4 Å². The smallest absolute Gasteiger partial charge is 0.291 e. The van der Waals surface area contributed by atoms with Gasteiger partial charge in [0.05, 0.1) is 11.6 Å². The highest BCUT2D eigenvalue weighted by Gasteiger charge is 2.27. The van der Waals surface area contributed by atoms with Gasteiger partial charge in [-0.25, -0.2) is 0 Å².